The van der Waals surface area contributed by atoms with E-state index in [1.165, 1.54) is 21.7 Å². The number of nitrogens with zero attached hydrogens (tertiary/aromatic N) is 1. The molecule has 0 saturated carbocycles. The molecule has 0 bridgehead atoms. The predicted octanol–water partition coefficient (Wildman–Crippen LogP) is 3.76. The molecule has 1 aromatic heterocycles. The fourth-order valence-corrected chi connectivity index (χ4v) is 6.72. The van der Waals surface area contributed by atoms with Gasteiger partial charge < -0.3 is 5.32 Å². The number of carbonyl (C=O) groups excluding carboxylic acids is 1. The first-order chi connectivity index (χ1) is 12.9. The lowest BCUT2D eigenvalue weighted by Crippen LogP contribution is -2.39. The molecule has 2 aromatic rings. The molecule has 0 radical (unpaired) electrons. The zero-order chi connectivity index (χ0) is 19.4. The molecule has 146 valence electrons. The van der Waals surface area contributed by atoms with Crippen LogP contribution < -0.4 is 5.32 Å². The smallest absolute Gasteiger partial charge is 0.252 e. The molecule has 5 nitrogen and oxygen atoms in total. The maximum Gasteiger partial charge on any atom is 0.252 e. The summed E-state index contributed by atoms with van der Waals surface area (Å²) in [4.78, 5) is 12.1. The van der Waals surface area contributed by atoms with E-state index in [1.807, 2.05) is 0 Å². The van der Waals surface area contributed by atoms with Gasteiger partial charge in [-0.25, -0.2) is 12.8 Å². The van der Waals surface area contributed by atoms with Crippen LogP contribution in [0.15, 0.2) is 44.4 Å². The van der Waals surface area contributed by atoms with Gasteiger partial charge in [0, 0.05) is 31.6 Å². The summed E-state index contributed by atoms with van der Waals surface area (Å²) < 4.78 is 41.4. The number of piperidine rings is 1. The SMILES string of the molecule is O=C(CC1CCN(S(=O)(=O)c2ccc(Br)s2)CC1)NCc1ccccc1F. The van der Waals surface area contributed by atoms with Crippen molar-refractivity contribution in [2.24, 2.45) is 5.92 Å². The molecule has 2 heterocycles. The van der Waals surface area contributed by atoms with Crippen LogP contribution in [0, 0.1) is 11.7 Å². The van der Waals surface area contributed by atoms with Crippen LogP contribution in [0.25, 0.3) is 0 Å². The zero-order valence-electron chi connectivity index (χ0n) is 14.5. The maximum atomic E-state index is 13.6. The van der Waals surface area contributed by atoms with Crippen LogP contribution in [0.5, 0.6) is 0 Å². The summed E-state index contributed by atoms with van der Waals surface area (Å²) in [7, 11) is -3.46. The van der Waals surface area contributed by atoms with E-state index in [1.54, 1.807) is 30.3 Å². The van der Waals surface area contributed by atoms with E-state index >= 15 is 0 Å². The highest BCUT2D eigenvalue weighted by Gasteiger charge is 2.31. The van der Waals surface area contributed by atoms with Crippen molar-refractivity contribution in [1.82, 2.24) is 9.62 Å². The number of rotatable bonds is 6. The average Bonchev–Trinajstić information content (AvgIpc) is 3.09. The first-order valence-electron chi connectivity index (χ1n) is 8.62. The average molecular weight is 475 g/mol. The Bertz CT molecular complexity index is 909. The van der Waals surface area contributed by atoms with Crippen LogP contribution in [0.2, 0.25) is 0 Å². The number of nitrogens with one attached hydrogen (secondary N) is 1. The first kappa shape index (κ1) is 20.4. The predicted molar refractivity (Wildman–Crippen MR) is 106 cm³/mol. The molecule has 3 rings (SSSR count). The van der Waals surface area contributed by atoms with E-state index in [9.17, 15) is 17.6 Å². The molecule has 0 unspecified atom stereocenters. The lowest BCUT2D eigenvalue weighted by Gasteiger charge is -2.30. The second-order valence-electron chi connectivity index (χ2n) is 6.48. The summed E-state index contributed by atoms with van der Waals surface area (Å²) in [6, 6.07) is 9.67. The molecule has 1 aromatic carbocycles. The summed E-state index contributed by atoms with van der Waals surface area (Å²) in [5.74, 6) is -0.342. The molecule has 0 spiro atoms. The normalized spacial score (nSPS) is 16.4. The van der Waals surface area contributed by atoms with Gasteiger partial charge in [-0.05, 0) is 52.9 Å². The summed E-state index contributed by atoms with van der Waals surface area (Å²) in [5.41, 5.74) is 0.453. The summed E-state index contributed by atoms with van der Waals surface area (Å²) in [6.45, 7) is 0.970. The van der Waals surface area contributed by atoms with Gasteiger partial charge in [-0.2, -0.15) is 4.31 Å². The molecule has 1 aliphatic heterocycles. The minimum Gasteiger partial charge on any atom is -0.352 e. The quantitative estimate of drug-likeness (QED) is 0.692. The molecule has 0 aliphatic carbocycles. The molecule has 0 atom stereocenters. The number of thiophene rings is 1. The Morgan fingerprint density at radius 2 is 1.93 bits per heavy atom. The Balaban J connectivity index is 1.48. The minimum absolute atomic E-state index is 0.132. The molecular formula is C18H20BrFN2O3S2. The van der Waals surface area contributed by atoms with Crippen molar-refractivity contribution in [3.63, 3.8) is 0 Å². The second-order valence-corrected chi connectivity index (χ2v) is 11.1. The van der Waals surface area contributed by atoms with Gasteiger partial charge in [-0.15, -0.1) is 11.3 Å². The fraction of sp³-hybridized carbons (Fsp3) is 0.389. The lowest BCUT2D eigenvalue weighted by atomic mass is 9.94. The maximum absolute atomic E-state index is 13.6. The molecule has 1 fully saturated rings. The fourth-order valence-electron chi connectivity index (χ4n) is 3.09. The van der Waals surface area contributed by atoms with Gasteiger partial charge >= 0.3 is 0 Å². The van der Waals surface area contributed by atoms with E-state index in [0.29, 0.717) is 42.1 Å². The van der Waals surface area contributed by atoms with Crippen molar-refractivity contribution in [1.29, 1.82) is 0 Å². The van der Waals surface area contributed by atoms with Gasteiger partial charge in [0.15, 0.2) is 0 Å². The minimum atomic E-state index is -3.46. The third kappa shape index (κ3) is 5.16. The molecule has 27 heavy (non-hydrogen) atoms. The van der Waals surface area contributed by atoms with Crippen molar-refractivity contribution in [2.75, 3.05) is 13.1 Å². The van der Waals surface area contributed by atoms with Gasteiger partial charge in [0.2, 0.25) is 5.91 Å². The van der Waals surface area contributed by atoms with Crippen molar-refractivity contribution < 1.29 is 17.6 Å². The number of amides is 1. The largest absolute Gasteiger partial charge is 0.352 e. The highest BCUT2D eigenvalue weighted by atomic mass is 79.9. The Morgan fingerprint density at radius 1 is 1.22 bits per heavy atom. The van der Waals surface area contributed by atoms with E-state index in [0.717, 1.165) is 3.79 Å². The van der Waals surface area contributed by atoms with Crippen molar-refractivity contribution in [3.05, 3.63) is 51.6 Å². The monoisotopic (exact) mass is 474 g/mol. The highest BCUT2D eigenvalue weighted by Crippen LogP contribution is 2.31. The van der Waals surface area contributed by atoms with E-state index in [4.69, 9.17) is 0 Å². The number of hydrogen-bond acceptors (Lipinski definition) is 4. The summed E-state index contributed by atoms with van der Waals surface area (Å²) >= 11 is 4.49. The van der Waals surface area contributed by atoms with E-state index < -0.39 is 10.0 Å². The van der Waals surface area contributed by atoms with Crippen LogP contribution in [-0.4, -0.2) is 31.7 Å². The number of halogens is 2. The van der Waals surface area contributed by atoms with E-state index in [-0.39, 0.29) is 24.2 Å². The summed E-state index contributed by atoms with van der Waals surface area (Å²) in [6.07, 6.45) is 1.60. The van der Waals surface area contributed by atoms with Crippen LogP contribution in [0.3, 0.4) is 0 Å². The number of benzene rings is 1. The molecular weight excluding hydrogens is 455 g/mol. The summed E-state index contributed by atoms with van der Waals surface area (Å²) in [5, 5.41) is 2.74. The van der Waals surface area contributed by atoms with Gasteiger partial charge in [-0.3, -0.25) is 4.79 Å². The van der Waals surface area contributed by atoms with Gasteiger partial charge in [-0.1, -0.05) is 18.2 Å². The Kier molecular flexibility index (Phi) is 6.67. The highest BCUT2D eigenvalue weighted by molar-refractivity contribution is 9.11. The van der Waals surface area contributed by atoms with Crippen LogP contribution >= 0.6 is 27.3 Å². The number of hydrogen-bond donors (Lipinski definition) is 1. The van der Waals surface area contributed by atoms with E-state index in [2.05, 4.69) is 21.2 Å². The second kappa shape index (κ2) is 8.81. The van der Waals surface area contributed by atoms with Gasteiger partial charge in [0.05, 0.1) is 3.79 Å². The Morgan fingerprint density at radius 3 is 2.56 bits per heavy atom. The molecule has 1 amide bonds. The van der Waals surface area contributed by atoms with Crippen LogP contribution in [0.4, 0.5) is 4.39 Å². The van der Waals surface area contributed by atoms with Gasteiger partial charge in [0.1, 0.15) is 10.0 Å². The zero-order valence-corrected chi connectivity index (χ0v) is 17.7. The molecule has 1 saturated heterocycles. The van der Waals surface area contributed by atoms with Crippen LogP contribution in [0.1, 0.15) is 24.8 Å². The molecule has 1 N–H and O–H groups in total. The number of sulfonamides is 1. The lowest BCUT2D eigenvalue weighted by molar-refractivity contribution is -0.122. The topological polar surface area (TPSA) is 66.5 Å². The van der Waals surface area contributed by atoms with Crippen LogP contribution in [-0.2, 0) is 21.4 Å². The Labute approximate surface area is 170 Å². The molecule has 9 heteroatoms. The Hall–Kier alpha value is -1.29. The third-order valence-corrected chi connectivity index (χ3v) is 8.61. The third-order valence-electron chi connectivity index (χ3n) is 4.62. The standard InChI is InChI=1S/C18H20BrFN2O3S2/c19-16-5-6-18(26-16)27(24,25)22-9-7-13(8-10-22)11-17(23)21-12-14-3-1-2-4-15(14)20/h1-6,13H,7-12H2,(H,21,23). The van der Waals surface area contributed by atoms with Crippen molar-refractivity contribution in [3.8, 4) is 0 Å². The van der Waals surface area contributed by atoms with Gasteiger partial charge in [0.25, 0.3) is 10.0 Å². The van der Waals surface area contributed by atoms with Crippen molar-refractivity contribution in [2.45, 2.75) is 30.0 Å². The first-order valence-corrected chi connectivity index (χ1v) is 11.7. The van der Waals surface area contributed by atoms with Crippen molar-refractivity contribution >= 4 is 43.2 Å². The number of carbonyl (C=O) groups is 1. The molecule has 1 aliphatic rings.